The van der Waals surface area contributed by atoms with E-state index in [0.29, 0.717) is 0 Å². The number of nitrogens with two attached hydrogens (primary N) is 1. The molecular weight excluding hydrogens is 318 g/mol. The molecule has 2 rings (SSSR count). The van der Waals surface area contributed by atoms with Crippen molar-refractivity contribution in [3.63, 3.8) is 0 Å². The van der Waals surface area contributed by atoms with E-state index >= 15 is 0 Å². The Hall–Kier alpha value is -0.770. The van der Waals surface area contributed by atoms with Crippen molar-refractivity contribution in [2.45, 2.75) is 24.3 Å². The van der Waals surface area contributed by atoms with Gasteiger partial charge in [-0.15, -0.1) is 11.8 Å². The van der Waals surface area contributed by atoms with Crippen molar-refractivity contribution in [1.29, 1.82) is 0 Å². The van der Waals surface area contributed by atoms with Crippen molar-refractivity contribution in [3.05, 3.63) is 64.1 Å². The summed E-state index contributed by atoms with van der Waals surface area (Å²) < 4.78 is 1.10. The second-order valence-corrected chi connectivity index (χ2v) is 6.70. The quantitative estimate of drug-likeness (QED) is 0.794. The van der Waals surface area contributed by atoms with Crippen molar-refractivity contribution in [2.24, 2.45) is 5.73 Å². The van der Waals surface area contributed by atoms with Gasteiger partial charge in [-0.25, -0.2) is 0 Å². The van der Waals surface area contributed by atoms with E-state index in [9.17, 15) is 0 Å². The second kappa shape index (κ2) is 7.13. The minimum Gasteiger partial charge on any atom is -0.324 e. The SMILES string of the molecule is CCSc1ccc(C(N)Cc2cccc(Br)c2)cc1. The summed E-state index contributed by atoms with van der Waals surface area (Å²) in [4.78, 5) is 1.31. The number of rotatable bonds is 5. The van der Waals surface area contributed by atoms with Crippen LogP contribution in [0.5, 0.6) is 0 Å². The first-order chi connectivity index (χ1) is 9.19. The van der Waals surface area contributed by atoms with Crippen molar-refractivity contribution < 1.29 is 0 Å². The molecule has 0 amide bonds. The van der Waals surface area contributed by atoms with Gasteiger partial charge >= 0.3 is 0 Å². The number of benzene rings is 2. The minimum absolute atomic E-state index is 0.0509. The second-order valence-electron chi connectivity index (χ2n) is 4.44. The van der Waals surface area contributed by atoms with Crippen LogP contribution >= 0.6 is 27.7 Å². The third-order valence-electron chi connectivity index (χ3n) is 2.96. The molecule has 2 aromatic rings. The van der Waals surface area contributed by atoms with E-state index in [1.807, 2.05) is 23.9 Å². The topological polar surface area (TPSA) is 26.0 Å². The van der Waals surface area contributed by atoms with Crippen molar-refractivity contribution in [3.8, 4) is 0 Å². The van der Waals surface area contributed by atoms with Crippen LogP contribution in [0.15, 0.2) is 57.9 Å². The van der Waals surface area contributed by atoms with Gasteiger partial charge in [-0.2, -0.15) is 0 Å². The fourth-order valence-corrected chi connectivity index (χ4v) is 3.12. The molecule has 0 saturated carbocycles. The summed E-state index contributed by atoms with van der Waals surface area (Å²) in [6.45, 7) is 2.16. The molecule has 0 saturated heterocycles. The first-order valence-electron chi connectivity index (χ1n) is 6.42. The molecule has 0 aromatic heterocycles. The van der Waals surface area contributed by atoms with E-state index < -0.39 is 0 Å². The summed E-state index contributed by atoms with van der Waals surface area (Å²) in [5.41, 5.74) is 8.73. The van der Waals surface area contributed by atoms with Gasteiger partial charge in [0.1, 0.15) is 0 Å². The van der Waals surface area contributed by atoms with Crippen LogP contribution in [-0.4, -0.2) is 5.75 Å². The van der Waals surface area contributed by atoms with E-state index in [1.54, 1.807) is 0 Å². The average molecular weight is 336 g/mol. The van der Waals surface area contributed by atoms with E-state index in [2.05, 4.69) is 59.3 Å². The maximum Gasteiger partial charge on any atom is 0.0335 e. The molecule has 0 aliphatic rings. The van der Waals surface area contributed by atoms with Crippen LogP contribution in [0.4, 0.5) is 0 Å². The highest BCUT2D eigenvalue weighted by atomic mass is 79.9. The third-order valence-corrected chi connectivity index (χ3v) is 4.35. The Labute approximate surface area is 127 Å². The fraction of sp³-hybridized carbons (Fsp3) is 0.250. The molecule has 100 valence electrons. The molecule has 0 aliphatic carbocycles. The van der Waals surface area contributed by atoms with Gasteiger partial charge in [0.2, 0.25) is 0 Å². The molecule has 2 N–H and O–H groups in total. The Morgan fingerprint density at radius 1 is 1.16 bits per heavy atom. The molecule has 2 aromatic carbocycles. The number of hydrogen-bond acceptors (Lipinski definition) is 2. The third kappa shape index (κ3) is 4.37. The Morgan fingerprint density at radius 2 is 1.89 bits per heavy atom. The maximum atomic E-state index is 6.28. The highest BCUT2D eigenvalue weighted by molar-refractivity contribution is 9.10. The van der Waals surface area contributed by atoms with E-state index in [-0.39, 0.29) is 6.04 Å². The van der Waals surface area contributed by atoms with Crippen LogP contribution in [-0.2, 0) is 6.42 Å². The summed E-state index contributed by atoms with van der Waals surface area (Å²) in [5, 5.41) is 0. The predicted molar refractivity (Wildman–Crippen MR) is 87.6 cm³/mol. The largest absolute Gasteiger partial charge is 0.324 e. The Balaban J connectivity index is 2.05. The Bertz CT molecular complexity index is 525. The van der Waals surface area contributed by atoms with E-state index in [1.165, 1.54) is 16.0 Å². The molecule has 1 unspecified atom stereocenters. The first-order valence-corrected chi connectivity index (χ1v) is 8.19. The molecule has 0 spiro atoms. The lowest BCUT2D eigenvalue weighted by Crippen LogP contribution is -2.13. The number of thioether (sulfide) groups is 1. The molecule has 3 heteroatoms. The van der Waals surface area contributed by atoms with Crippen LogP contribution in [0, 0.1) is 0 Å². The van der Waals surface area contributed by atoms with Gasteiger partial charge in [0.25, 0.3) is 0 Å². The van der Waals surface area contributed by atoms with Crippen molar-refractivity contribution >= 4 is 27.7 Å². The lowest BCUT2D eigenvalue weighted by atomic mass is 10.00. The van der Waals surface area contributed by atoms with E-state index in [4.69, 9.17) is 5.73 Å². The molecular formula is C16H18BrNS. The zero-order chi connectivity index (χ0) is 13.7. The molecule has 1 atom stereocenters. The van der Waals surface area contributed by atoms with Crippen LogP contribution < -0.4 is 5.73 Å². The number of halogens is 1. The van der Waals surface area contributed by atoms with Crippen LogP contribution in [0.25, 0.3) is 0 Å². The molecule has 19 heavy (non-hydrogen) atoms. The fourth-order valence-electron chi connectivity index (χ4n) is 2.01. The van der Waals surface area contributed by atoms with Gasteiger partial charge < -0.3 is 5.73 Å². The van der Waals surface area contributed by atoms with Crippen LogP contribution in [0.3, 0.4) is 0 Å². The van der Waals surface area contributed by atoms with Crippen molar-refractivity contribution in [1.82, 2.24) is 0 Å². The van der Waals surface area contributed by atoms with Crippen LogP contribution in [0.1, 0.15) is 24.1 Å². The zero-order valence-corrected chi connectivity index (χ0v) is 13.4. The van der Waals surface area contributed by atoms with Gasteiger partial charge in [-0.3, -0.25) is 0 Å². The summed E-state index contributed by atoms with van der Waals surface area (Å²) in [5.74, 6) is 1.10. The summed E-state index contributed by atoms with van der Waals surface area (Å²) >= 11 is 5.35. The smallest absolute Gasteiger partial charge is 0.0335 e. The van der Waals surface area contributed by atoms with Gasteiger partial charge in [-0.05, 0) is 47.6 Å². The molecule has 0 heterocycles. The van der Waals surface area contributed by atoms with Gasteiger partial charge in [-0.1, -0.05) is 47.1 Å². The normalized spacial score (nSPS) is 12.4. The first kappa shape index (κ1) is 14.6. The monoisotopic (exact) mass is 335 g/mol. The maximum absolute atomic E-state index is 6.28. The standard InChI is InChI=1S/C16H18BrNS/c1-2-19-15-8-6-13(7-9-15)16(18)11-12-4-3-5-14(17)10-12/h3-10,16H,2,11,18H2,1H3. The lowest BCUT2D eigenvalue weighted by Gasteiger charge is -2.13. The summed E-state index contributed by atoms with van der Waals surface area (Å²) in [6, 6.07) is 17.0. The lowest BCUT2D eigenvalue weighted by molar-refractivity contribution is 0.721. The summed E-state index contributed by atoms with van der Waals surface area (Å²) in [6.07, 6.45) is 0.861. The van der Waals surface area contributed by atoms with Gasteiger partial charge in [0.15, 0.2) is 0 Å². The minimum atomic E-state index is 0.0509. The number of hydrogen-bond donors (Lipinski definition) is 1. The van der Waals surface area contributed by atoms with Gasteiger partial charge in [0, 0.05) is 15.4 Å². The average Bonchev–Trinajstić information content (AvgIpc) is 2.40. The highest BCUT2D eigenvalue weighted by Crippen LogP contribution is 2.22. The molecule has 0 aliphatic heterocycles. The Kier molecular flexibility index (Phi) is 5.49. The van der Waals surface area contributed by atoms with E-state index in [0.717, 1.165) is 16.6 Å². The molecule has 0 fully saturated rings. The van der Waals surface area contributed by atoms with Crippen LogP contribution in [0.2, 0.25) is 0 Å². The molecule has 1 nitrogen and oxygen atoms in total. The zero-order valence-electron chi connectivity index (χ0n) is 11.0. The molecule has 0 radical (unpaired) electrons. The Morgan fingerprint density at radius 3 is 2.53 bits per heavy atom. The predicted octanol–water partition coefficient (Wildman–Crippen LogP) is 4.80. The van der Waals surface area contributed by atoms with Gasteiger partial charge in [0.05, 0.1) is 0 Å². The molecule has 0 bridgehead atoms. The highest BCUT2D eigenvalue weighted by Gasteiger charge is 2.07. The van der Waals surface area contributed by atoms with Crippen molar-refractivity contribution in [2.75, 3.05) is 5.75 Å². The summed E-state index contributed by atoms with van der Waals surface area (Å²) in [7, 11) is 0.